The Morgan fingerprint density at radius 2 is 0.853 bits per heavy atom. The second kappa shape index (κ2) is 29.7. The standard InChI is InChI=1S/2C25H24N6O3S.C24H21N5O2S/c1-35(33,34)23-7-9-26-15-22(23)30-18-13-19(24-21(14-18)28-10-11-29-24)16-4-2-5-17(12-16)31-25(32)20-6-3-8-27-20;1-35(33,34)23-8-10-26-15-22(23)30-18-13-19(24-21(14-18)28-11-12-29-24)16-4-6-17(7-5-16)31-25(32)20-3-2-9-27-20;1-3-29-11-7-16-4-5-17(12-22(16)29)19-13-18(14-20-24(19)27-10-9-26-20)28-21-15-25-8-6-23(21)32(2,30)31/h2,4-5,7,9-15,20,27,30H,3,6,8H2,1H3,(H,31,32);4-8,10-15,20,27,30H,2-3,9H2,1H3,(H,31,32);4-15,28H,3H2,1-2H3. The lowest BCUT2D eigenvalue weighted by molar-refractivity contribution is -0.118. The molecular formula is C74H69N17O8S3. The topological polar surface area (TPSA) is 342 Å². The van der Waals surface area contributed by atoms with Gasteiger partial charge in [-0.1, -0.05) is 36.4 Å². The summed E-state index contributed by atoms with van der Waals surface area (Å²) in [6, 6.07) is 38.8. The van der Waals surface area contributed by atoms with Gasteiger partial charge < -0.3 is 41.8 Å². The van der Waals surface area contributed by atoms with E-state index in [2.05, 4.69) is 124 Å². The van der Waals surface area contributed by atoms with Crippen LogP contribution in [0.4, 0.5) is 45.5 Å². The Balaban J connectivity index is 0.000000137. The predicted octanol–water partition coefficient (Wildman–Crippen LogP) is 11.9. The van der Waals surface area contributed by atoms with Crippen molar-refractivity contribution in [2.45, 2.75) is 65.9 Å². The number of sulfone groups is 3. The van der Waals surface area contributed by atoms with Crippen LogP contribution in [0.15, 0.2) is 223 Å². The summed E-state index contributed by atoms with van der Waals surface area (Å²) < 4.78 is 75.5. The van der Waals surface area contributed by atoms with Gasteiger partial charge in [-0.3, -0.25) is 54.4 Å². The number of pyridine rings is 3. The highest BCUT2D eigenvalue weighted by molar-refractivity contribution is 7.91. The average molecular weight is 1420 g/mol. The third-order valence-electron chi connectivity index (χ3n) is 17.2. The number of nitrogens with one attached hydrogen (secondary N) is 7. The van der Waals surface area contributed by atoms with Gasteiger partial charge in [0.15, 0.2) is 29.5 Å². The van der Waals surface area contributed by atoms with E-state index in [0.717, 1.165) is 102 Å². The predicted molar refractivity (Wildman–Crippen MR) is 397 cm³/mol. The Labute approximate surface area is 588 Å². The summed E-state index contributed by atoms with van der Waals surface area (Å²) in [6.45, 7) is 4.70. The maximum atomic E-state index is 12.6. The van der Waals surface area contributed by atoms with E-state index >= 15 is 0 Å². The Bertz CT molecular complexity index is 5700. The lowest BCUT2D eigenvalue weighted by Crippen LogP contribution is -2.35. The van der Waals surface area contributed by atoms with E-state index in [4.69, 9.17) is 0 Å². The molecule has 0 aliphatic carbocycles. The number of amides is 2. The van der Waals surface area contributed by atoms with E-state index in [1.807, 2.05) is 84.9 Å². The first-order valence-electron chi connectivity index (χ1n) is 32.6. The fourth-order valence-electron chi connectivity index (χ4n) is 12.4. The van der Waals surface area contributed by atoms with E-state index in [9.17, 15) is 34.8 Å². The molecule has 0 bridgehead atoms. The monoisotopic (exact) mass is 1420 g/mol. The molecule has 15 rings (SSSR count). The van der Waals surface area contributed by atoms with Crippen LogP contribution in [0.3, 0.4) is 0 Å². The first-order chi connectivity index (χ1) is 49.2. The van der Waals surface area contributed by atoms with Gasteiger partial charge in [0.1, 0.15) is 0 Å². The van der Waals surface area contributed by atoms with Crippen molar-refractivity contribution in [3.63, 3.8) is 0 Å². The van der Waals surface area contributed by atoms with E-state index in [1.165, 1.54) is 67.0 Å². The van der Waals surface area contributed by atoms with Crippen LogP contribution in [0, 0.1) is 0 Å². The molecule has 0 saturated carbocycles. The number of aryl methyl sites for hydroxylation is 1. The molecule has 13 aromatic rings. The van der Waals surface area contributed by atoms with Crippen LogP contribution in [0.25, 0.3) is 77.4 Å². The van der Waals surface area contributed by atoms with Crippen LogP contribution in [0.5, 0.6) is 0 Å². The number of fused-ring (bicyclic) bond motifs is 4. The Morgan fingerprint density at radius 3 is 1.27 bits per heavy atom. The van der Waals surface area contributed by atoms with Crippen molar-refractivity contribution in [1.82, 2.24) is 60.1 Å². The van der Waals surface area contributed by atoms with Crippen molar-refractivity contribution >= 4 is 131 Å². The summed E-state index contributed by atoms with van der Waals surface area (Å²) in [5, 5.41) is 23.1. The number of nitrogens with zero attached hydrogens (tertiary/aromatic N) is 10. The number of anilines is 8. The van der Waals surface area contributed by atoms with Crippen molar-refractivity contribution in [3.8, 4) is 33.4 Å². The number of carbonyl (C=O) groups is 2. The maximum Gasteiger partial charge on any atom is 0.241 e. The molecule has 2 amide bonds. The highest BCUT2D eigenvalue weighted by Gasteiger charge is 2.25. The molecule has 102 heavy (non-hydrogen) atoms. The summed E-state index contributed by atoms with van der Waals surface area (Å²) in [4.78, 5) is 64.7. The summed E-state index contributed by atoms with van der Waals surface area (Å²) in [5.41, 5.74) is 15.1. The van der Waals surface area contributed by atoms with Crippen LogP contribution in [-0.2, 0) is 45.6 Å². The number of hydrogen-bond donors (Lipinski definition) is 7. The van der Waals surface area contributed by atoms with E-state index in [0.29, 0.717) is 73.1 Å². The fourth-order valence-corrected chi connectivity index (χ4v) is 14.8. The van der Waals surface area contributed by atoms with Crippen LogP contribution < -0.4 is 37.2 Å². The molecule has 0 spiro atoms. The van der Waals surface area contributed by atoms with Crippen molar-refractivity contribution < 1.29 is 34.8 Å². The molecule has 9 heterocycles. The molecule has 2 atom stereocenters. The summed E-state index contributed by atoms with van der Waals surface area (Å²) >= 11 is 0. The second-order valence-electron chi connectivity index (χ2n) is 24.5. The first kappa shape index (κ1) is 68.9. The van der Waals surface area contributed by atoms with Gasteiger partial charge in [-0.25, -0.2) is 25.3 Å². The van der Waals surface area contributed by atoms with Gasteiger partial charge in [0.25, 0.3) is 0 Å². The molecule has 7 aromatic heterocycles. The molecule has 7 N–H and O–H groups in total. The second-order valence-corrected chi connectivity index (χ2v) is 30.4. The Hall–Kier alpha value is -11.6. The molecule has 0 radical (unpaired) electrons. The molecule has 2 aliphatic rings. The average Bonchev–Trinajstić information content (AvgIpc) is 1.14. The van der Waals surface area contributed by atoms with Crippen LogP contribution >= 0.6 is 0 Å². The maximum absolute atomic E-state index is 12.6. The summed E-state index contributed by atoms with van der Waals surface area (Å²) in [7, 11) is -10.3. The molecule has 2 fully saturated rings. The van der Waals surface area contributed by atoms with E-state index < -0.39 is 29.5 Å². The zero-order valence-electron chi connectivity index (χ0n) is 55.7. The summed E-state index contributed by atoms with van der Waals surface area (Å²) in [5.74, 6) is -0.0829. The fraction of sp³-hybridized carbons (Fsp3) is 0.176. The van der Waals surface area contributed by atoms with Crippen LogP contribution in [0.2, 0.25) is 0 Å². The highest BCUT2D eigenvalue weighted by Crippen LogP contribution is 2.38. The number of carbonyl (C=O) groups excluding carboxylic acids is 2. The molecule has 2 saturated heterocycles. The third kappa shape index (κ3) is 15.9. The number of hydrogen-bond acceptors (Lipinski definition) is 22. The minimum absolute atomic E-state index is 0.0316. The zero-order chi connectivity index (χ0) is 71.1. The van der Waals surface area contributed by atoms with E-state index in [1.54, 1.807) is 37.2 Å². The molecule has 6 aromatic carbocycles. The van der Waals surface area contributed by atoms with Gasteiger partial charge in [-0.15, -0.1) is 0 Å². The van der Waals surface area contributed by atoms with Gasteiger partial charge in [0.2, 0.25) is 11.8 Å². The smallest absolute Gasteiger partial charge is 0.241 e. The number of benzene rings is 6. The zero-order valence-corrected chi connectivity index (χ0v) is 58.1. The number of aromatic nitrogens is 10. The van der Waals surface area contributed by atoms with Gasteiger partial charge in [-0.2, -0.15) is 0 Å². The number of rotatable bonds is 17. The molecule has 2 aliphatic heterocycles. The van der Waals surface area contributed by atoms with Gasteiger partial charge >= 0.3 is 0 Å². The Kier molecular flexibility index (Phi) is 20.1. The lowest BCUT2D eigenvalue weighted by Gasteiger charge is -2.15. The van der Waals surface area contributed by atoms with Crippen LogP contribution in [0.1, 0.15) is 32.6 Å². The molecule has 28 heteroatoms. The van der Waals surface area contributed by atoms with Crippen LogP contribution in [-0.4, -0.2) is 130 Å². The normalized spacial score (nSPS) is 14.5. The van der Waals surface area contributed by atoms with Crippen molar-refractivity contribution in [1.29, 1.82) is 0 Å². The van der Waals surface area contributed by atoms with Gasteiger partial charge in [-0.05, 0) is 159 Å². The molecule has 2 unspecified atom stereocenters. The largest absolute Gasteiger partial charge is 0.353 e. The van der Waals surface area contributed by atoms with E-state index in [-0.39, 0.29) is 38.6 Å². The van der Waals surface area contributed by atoms with Gasteiger partial charge in [0, 0.05) is 138 Å². The van der Waals surface area contributed by atoms with Crippen molar-refractivity contribution in [2.24, 2.45) is 0 Å². The van der Waals surface area contributed by atoms with Crippen molar-refractivity contribution in [2.75, 3.05) is 58.4 Å². The summed E-state index contributed by atoms with van der Waals surface area (Å²) in [6.07, 6.45) is 27.9. The third-order valence-corrected chi connectivity index (χ3v) is 20.6. The first-order valence-corrected chi connectivity index (χ1v) is 38.2. The quantitative estimate of drug-likeness (QED) is 0.0445. The molecule has 25 nitrogen and oxygen atoms in total. The molecule has 516 valence electrons. The Morgan fingerprint density at radius 1 is 0.441 bits per heavy atom. The highest BCUT2D eigenvalue weighted by atomic mass is 32.2. The lowest BCUT2D eigenvalue weighted by atomic mass is 10.0. The minimum atomic E-state index is -3.46. The SMILES string of the molecule is CCn1ccc2ccc(-c3cc(Nc4cnccc4S(C)(=O)=O)cc4nccnc34)cc21.CS(=O)(=O)c1ccncc1Nc1cc(-c2ccc(NC(=O)C3CCCN3)cc2)c2nccnc2c1.CS(=O)(=O)c1ccncc1Nc1cc(-c2cccc(NC(=O)C3CCCN3)c2)c2nccnc2c1. The van der Waals surface area contributed by atoms with Crippen molar-refractivity contribution in [3.05, 3.63) is 208 Å². The molecular weight excluding hydrogens is 1350 g/mol. The minimum Gasteiger partial charge on any atom is -0.353 e. The van der Waals surface area contributed by atoms with Gasteiger partial charge in [0.05, 0.1) is 95.5 Å².